The van der Waals surface area contributed by atoms with Crippen LogP contribution in [0.3, 0.4) is 0 Å². The molecular weight excluding hydrogens is 1110 g/mol. The van der Waals surface area contributed by atoms with Crippen LogP contribution in [0, 0.1) is 12.3 Å². The minimum atomic E-state index is -1.20. The predicted molar refractivity (Wildman–Crippen MR) is 343 cm³/mol. The van der Waals surface area contributed by atoms with Crippen LogP contribution in [0.4, 0.5) is 11.4 Å². The van der Waals surface area contributed by atoms with E-state index in [4.69, 9.17) is 43.1 Å². The molecule has 4 unspecified atom stereocenters. The fourth-order valence-corrected chi connectivity index (χ4v) is 11.4. The number of hydrogen-bond acceptors (Lipinski definition) is 15. The van der Waals surface area contributed by atoms with Crippen LogP contribution in [0.15, 0.2) is 114 Å². The molecular formula is C68H89N7O10S. The van der Waals surface area contributed by atoms with Gasteiger partial charge in [-0.1, -0.05) is 85.3 Å². The van der Waals surface area contributed by atoms with Gasteiger partial charge in [0.05, 0.1) is 37.9 Å². The lowest BCUT2D eigenvalue weighted by Crippen LogP contribution is -2.49. The lowest BCUT2D eigenvalue weighted by molar-refractivity contribution is -0.120. The van der Waals surface area contributed by atoms with Crippen molar-refractivity contribution < 1.29 is 47.9 Å². The Kier molecular flexibility index (Phi) is 25.4. The van der Waals surface area contributed by atoms with E-state index in [9.17, 15) is 20.1 Å². The van der Waals surface area contributed by atoms with Gasteiger partial charge in [-0.3, -0.25) is 15.3 Å². The molecule has 1 amide bonds. The van der Waals surface area contributed by atoms with Crippen molar-refractivity contribution in [1.82, 2.24) is 20.5 Å². The van der Waals surface area contributed by atoms with Crippen LogP contribution >= 0.6 is 11.8 Å². The number of hydrogen-bond donors (Lipinski definition) is 4. The number of benzene rings is 5. The summed E-state index contributed by atoms with van der Waals surface area (Å²) in [5.74, 6) is 3.51. The Bertz CT molecular complexity index is 3120. The van der Waals surface area contributed by atoms with Crippen molar-refractivity contribution in [3.63, 3.8) is 0 Å². The third-order valence-electron chi connectivity index (χ3n) is 15.2. The molecule has 0 spiro atoms. The van der Waals surface area contributed by atoms with Crippen molar-refractivity contribution in [3.8, 4) is 40.2 Å². The molecule has 7 rings (SSSR count). The molecule has 0 saturated carbocycles. The average molecular weight is 1200 g/mol. The van der Waals surface area contributed by atoms with E-state index in [0.29, 0.717) is 55.0 Å². The van der Waals surface area contributed by atoms with E-state index in [1.807, 2.05) is 93.6 Å². The number of methoxy groups -OCH3 is 1. The zero-order chi connectivity index (χ0) is 61.4. The number of unbranched alkanes of at least 4 members (excludes halogenated alkanes) is 6. The maximum absolute atomic E-state index is 14.0. The first-order chi connectivity index (χ1) is 41.6. The van der Waals surface area contributed by atoms with E-state index in [-0.39, 0.29) is 59.3 Å². The Hall–Kier alpha value is -7.73. The number of aliphatic imine (C=N–C) groups is 1. The minimum Gasteiger partial charge on any atom is -0.497 e. The summed E-state index contributed by atoms with van der Waals surface area (Å²) in [5, 5.41) is 29.7. The second kappa shape index (κ2) is 33.2. The number of nitrogens with one attached hydrogen (secondary N) is 3. The van der Waals surface area contributed by atoms with Crippen LogP contribution in [0.1, 0.15) is 164 Å². The Labute approximate surface area is 512 Å². The summed E-state index contributed by atoms with van der Waals surface area (Å²) < 4.78 is 42.2. The topological polar surface area (TPSA) is 212 Å². The SMILES string of the molecule is CCCCCCOc1ccc(OCC(CSC(CC)C(=O)NCC(C)c2nc(C(=Nc3cc4c(cc3C)N(CCCOc3ccc(OC)cc3)C(C)(C)CC4C)C(=N)Oc3ccccc3C(=O)O)n[nH]2)Oc2ccc(OCCCCCC)cc2)cc1. The predicted octanol–water partition coefficient (Wildman–Crippen LogP) is 14.7. The number of anilines is 1. The van der Waals surface area contributed by atoms with Crippen LogP contribution in [0.2, 0.25) is 0 Å². The molecule has 0 radical (unpaired) electrons. The first-order valence-electron chi connectivity index (χ1n) is 30.5. The molecule has 5 aromatic carbocycles. The number of rotatable bonds is 36. The molecule has 0 saturated heterocycles. The lowest BCUT2D eigenvalue weighted by atomic mass is 9.79. The monoisotopic (exact) mass is 1200 g/mol. The van der Waals surface area contributed by atoms with Crippen LogP contribution in [0.5, 0.6) is 40.2 Å². The normalized spacial score (nSPS) is 14.7. The van der Waals surface area contributed by atoms with Gasteiger partial charge in [0.25, 0.3) is 0 Å². The number of carboxylic acid groups (broad SMARTS) is 1. The van der Waals surface area contributed by atoms with Gasteiger partial charge in [0.15, 0.2) is 5.71 Å². The number of aromatic nitrogens is 3. The van der Waals surface area contributed by atoms with Crippen molar-refractivity contribution in [2.45, 2.75) is 155 Å². The number of carbonyl (C=O) groups excluding carboxylic acids is 1. The summed E-state index contributed by atoms with van der Waals surface area (Å²) >= 11 is 1.51. The number of H-pyrrole nitrogens is 1. The number of nitrogens with zero attached hydrogens (tertiary/aromatic N) is 4. The number of aromatic carboxylic acids is 1. The molecule has 1 aliphatic heterocycles. The van der Waals surface area contributed by atoms with Crippen LogP contribution in [-0.4, -0.2) is 113 Å². The minimum absolute atomic E-state index is 0.00668. The van der Waals surface area contributed by atoms with Crippen LogP contribution < -0.4 is 43.4 Å². The molecule has 0 fully saturated rings. The van der Waals surface area contributed by atoms with E-state index in [2.05, 4.69) is 67.2 Å². The molecule has 0 aliphatic carbocycles. The first-order valence-corrected chi connectivity index (χ1v) is 31.6. The van der Waals surface area contributed by atoms with Crippen molar-refractivity contribution in [1.29, 1.82) is 5.41 Å². The number of aromatic amines is 1. The molecule has 462 valence electrons. The van der Waals surface area contributed by atoms with Gasteiger partial charge in [0, 0.05) is 36.0 Å². The second-order valence-electron chi connectivity index (χ2n) is 22.6. The second-order valence-corrected chi connectivity index (χ2v) is 23.8. The summed E-state index contributed by atoms with van der Waals surface area (Å²) in [6.07, 6.45) is 10.9. The third kappa shape index (κ3) is 19.4. The molecule has 86 heavy (non-hydrogen) atoms. The maximum atomic E-state index is 14.0. The lowest BCUT2D eigenvalue weighted by Gasteiger charge is -2.48. The van der Waals surface area contributed by atoms with E-state index in [0.717, 1.165) is 84.9 Å². The maximum Gasteiger partial charge on any atom is 0.339 e. The highest BCUT2D eigenvalue weighted by molar-refractivity contribution is 8.00. The quantitative estimate of drug-likeness (QED) is 0.0164. The van der Waals surface area contributed by atoms with E-state index in [1.165, 1.54) is 49.6 Å². The molecule has 6 aromatic rings. The highest BCUT2D eigenvalue weighted by Gasteiger charge is 2.37. The van der Waals surface area contributed by atoms with Crippen molar-refractivity contribution in [2.75, 3.05) is 57.3 Å². The molecule has 0 bridgehead atoms. The van der Waals surface area contributed by atoms with Gasteiger partial charge in [-0.25, -0.2) is 14.8 Å². The average Bonchev–Trinajstić information content (AvgIpc) is 0.894. The third-order valence-corrected chi connectivity index (χ3v) is 16.7. The zero-order valence-corrected chi connectivity index (χ0v) is 52.6. The highest BCUT2D eigenvalue weighted by Crippen LogP contribution is 2.46. The fraction of sp³-hybridized carbons (Fsp3) is 0.471. The van der Waals surface area contributed by atoms with Gasteiger partial charge >= 0.3 is 5.97 Å². The molecule has 2 heterocycles. The van der Waals surface area contributed by atoms with Crippen molar-refractivity contribution in [2.24, 2.45) is 4.99 Å². The van der Waals surface area contributed by atoms with Gasteiger partial charge < -0.3 is 48.5 Å². The van der Waals surface area contributed by atoms with Crippen molar-refractivity contribution in [3.05, 3.63) is 138 Å². The largest absolute Gasteiger partial charge is 0.497 e. The Morgan fingerprint density at radius 3 is 1.98 bits per heavy atom. The smallest absolute Gasteiger partial charge is 0.339 e. The molecule has 1 aromatic heterocycles. The molecule has 18 heteroatoms. The van der Waals surface area contributed by atoms with Gasteiger partial charge in [-0.15, -0.1) is 11.8 Å². The molecule has 1 aliphatic rings. The van der Waals surface area contributed by atoms with Gasteiger partial charge in [-0.05, 0) is 167 Å². The van der Waals surface area contributed by atoms with Crippen molar-refractivity contribution >= 4 is 46.6 Å². The Morgan fingerprint density at radius 1 is 0.802 bits per heavy atom. The van der Waals surface area contributed by atoms with Gasteiger partial charge in [-0.2, -0.15) is 5.10 Å². The summed E-state index contributed by atoms with van der Waals surface area (Å²) in [6.45, 7) is 20.1. The summed E-state index contributed by atoms with van der Waals surface area (Å²) in [6, 6.07) is 33.3. The number of ether oxygens (including phenoxy) is 7. The standard InChI is InChI=1S/C68H89N7O10S/c1-10-13-15-19-37-80-51-28-30-53(31-29-51)83-44-55(84-54-34-32-52(33-35-54)81-38-20-16-14-11-2)45-86-61(12-3)66(76)70-43-48(6)64-72-65(74-73-64)62(63(69)85-60-23-18-17-22-56(60)67(77)78)71-58-41-57-47(5)42-68(7,8)75(59(57)40-46(58)4)36-21-39-82-50-26-24-49(79-9)25-27-50/h17-18,22-35,40-41,47-48,55,61,69H,10-16,19-21,36-39,42-45H2,1-9H3,(H,70,76)(H,77,78)(H,72,73,74). The summed E-state index contributed by atoms with van der Waals surface area (Å²) in [4.78, 5) is 38.6. The first kappa shape index (κ1) is 65.8. The summed E-state index contributed by atoms with van der Waals surface area (Å²) in [7, 11) is 1.64. The van der Waals surface area contributed by atoms with E-state index in [1.54, 1.807) is 19.2 Å². The number of para-hydroxylation sites is 1. The number of carbonyl (C=O) groups is 2. The molecule has 4 N–H and O–H groups in total. The van der Waals surface area contributed by atoms with Gasteiger partial charge in [0.2, 0.25) is 17.6 Å². The Balaban J connectivity index is 1.04. The van der Waals surface area contributed by atoms with E-state index < -0.39 is 23.2 Å². The number of carboxylic acids is 1. The zero-order valence-electron chi connectivity index (χ0n) is 51.7. The Morgan fingerprint density at radius 2 is 1.38 bits per heavy atom. The van der Waals surface area contributed by atoms with E-state index >= 15 is 0 Å². The highest BCUT2D eigenvalue weighted by atomic mass is 32.2. The summed E-state index contributed by atoms with van der Waals surface area (Å²) in [5.41, 5.74) is 3.39. The number of amides is 1. The number of fused-ring (bicyclic) bond motifs is 1. The molecule has 4 atom stereocenters. The van der Waals surface area contributed by atoms with Crippen LogP contribution in [-0.2, 0) is 4.79 Å². The fourth-order valence-electron chi connectivity index (χ4n) is 10.3. The van der Waals surface area contributed by atoms with Gasteiger partial charge in [0.1, 0.15) is 64.3 Å². The molecule has 17 nitrogen and oxygen atoms in total. The number of aryl methyl sites for hydroxylation is 1. The van der Waals surface area contributed by atoms with Crippen LogP contribution in [0.25, 0.3) is 0 Å². The number of thioether (sulfide) groups is 1.